The summed E-state index contributed by atoms with van der Waals surface area (Å²) in [6.07, 6.45) is 1.73. The van der Waals surface area contributed by atoms with Crippen LogP contribution >= 0.6 is 23.2 Å². The third kappa shape index (κ3) is 3.18. The van der Waals surface area contributed by atoms with E-state index in [2.05, 4.69) is 4.98 Å². The Hall–Kier alpha value is -2.24. The monoisotopic (exact) mass is 364 g/mol. The van der Waals surface area contributed by atoms with Gasteiger partial charge in [0.25, 0.3) is 0 Å². The first kappa shape index (κ1) is 16.6. The van der Waals surface area contributed by atoms with Crippen LogP contribution in [0.5, 0.6) is 5.75 Å². The van der Waals surface area contributed by atoms with E-state index in [9.17, 15) is 4.79 Å². The molecule has 124 valence electrons. The van der Waals surface area contributed by atoms with Crippen molar-refractivity contribution in [1.82, 2.24) is 9.38 Å². The number of imidazole rings is 1. The summed E-state index contributed by atoms with van der Waals surface area (Å²) in [5.74, 6) is 0.208. The van der Waals surface area contributed by atoms with Crippen LogP contribution in [-0.2, 0) is 11.3 Å². The van der Waals surface area contributed by atoms with Crippen LogP contribution in [0, 0.1) is 6.92 Å². The average Bonchev–Trinajstić information content (AvgIpc) is 2.90. The van der Waals surface area contributed by atoms with E-state index in [1.165, 1.54) is 0 Å². The number of methoxy groups -OCH3 is 1. The second-order valence-electron chi connectivity index (χ2n) is 5.17. The first-order valence-electron chi connectivity index (χ1n) is 7.13. The lowest BCUT2D eigenvalue weighted by Gasteiger charge is -2.07. The molecule has 2 aromatic heterocycles. The minimum Gasteiger partial charge on any atom is -0.497 e. The fourth-order valence-electron chi connectivity index (χ4n) is 2.36. The number of esters is 1. The molecule has 0 saturated heterocycles. The highest BCUT2D eigenvalue weighted by molar-refractivity contribution is 6.42. The van der Waals surface area contributed by atoms with Crippen LogP contribution in [0.2, 0.25) is 10.0 Å². The maximum Gasteiger partial charge on any atom is 0.357 e. The lowest BCUT2D eigenvalue weighted by molar-refractivity contribution is 0.0463. The molecule has 0 aliphatic heterocycles. The second-order valence-corrected chi connectivity index (χ2v) is 5.98. The van der Waals surface area contributed by atoms with Crippen LogP contribution in [0.15, 0.2) is 36.5 Å². The highest BCUT2D eigenvalue weighted by Gasteiger charge is 2.18. The van der Waals surface area contributed by atoms with E-state index in [0.717, 1.165) is 5.56 Å². The van der Waals surface area contributed by atoms with Gasteiger partial charge in [-0.05, 0) is 30.7 Å². The van der Waals surface area contributed by atoms with Crippen LogP contribution < -0.4 is 4.74 Å². The minimum absolute atomic E-state index is 0.0958. The van der Waals surface area contributed by atoms with Crippen molar-refractivity contribution in [2.24, 2.45) is 0 Å². The number of carbonyl (C=O) groups excluding carboxylic acids is 1. The van der Waals surface area contributed by atoms with Crippen LogP contribution in [-0.4, -0.2) is 22.5 Å². The summed E-state index contributed by atoms with van der Waals surface area (Å²) >= 11 is 11.8. The number of nitrogens with zero attached hydrogens (tertiary/aromatic N) is 2. The van der Waals surface area contributed by atoms with E-state index >= 15 is 0 Å². The Morgan fingerprint density at radius 3 is 2.71 bits per heavy atom. The largest absolute Gasteiger partial charge is 0.497 e. The molecule has 24 heavy (non-hydrogen) atoms. The third-order valence-corrected chi connectivity index (χ3v) is 4.29. The molecule has 0 amide bonds. The molecule has 0 unspecified atom stereocenters. The summed E-state index contributed by atoms with van der Waals surface area (Å²) < 4.78 is 12.2. The number of aromatic nitrogens is 2. The molecule has 0 radical (unpaired) electrons. The summed E-state index contributed by atoms with van der Waals surface area (Å²) in [4.78, 5) is 16.8. The normalized spacial score (nSPS) is 10.8. The predicted molar refractivity (Wildman–Crippen MR) is 92.1 cm³/mol. The van der Waals surface area contributed by atoms with Gasteiger partial charge in [0.1, 0.15) is 18.0 Å². The molecule has 1 aromatic carbocycles. The van der Waals surface area contributed by atoms with Crippen molar-refractivity contribution < 1.29 is 14.3 Å². The molecular weight excluding hydrogens is 351 g/mol. The average molecular weight is 365 g/mol. The van der Waals surface area contributed by atoms with Gasteiger partial charge in [-0.25, -0.2) is 9.78 Å². The molecule has 0 bridgehead atoms. The fourth-order valence-corrected chi connectivity index (χ4v) is 2.68. The van der Waals surface area contributed by atoms with Gasteiger partial charge >= 0.3 is 5.97 Å². The number of ether oxygens (including phenoxy) is 2. The molecule has 3 rings (SSSR count). The number of fused-ring (bicyclic) bond motifs is 1. The summed E-state index contributed by atoms with van der Waals surface area (Å²) in [5.41, 5.74) is 2.34. The molecule has 0 aliphatic rings. The topological polar surface area (TPSA) is 52.8 Å². The highest BCUT2D eigenvalue weighted by atomic mass is 35.5. The first-order chi connectivity index (χ1) is 11.5. The number of hydrogen-bond donors (Lipinski definition) is 0. The van der Waals surface area contributed by atoms with Gasteiger partial charge in [-0.1, -0.05) is 29.3 Å². The maximum absolute atomic E-state index is 12.4. The number of aryl methyl sites for hydroxylation is 1. The van der Waals surface area contributed by atoms with Gasteiger partial charge < -0.3 is 9.47 Å². The fraction of sp³-hybridized carbons (Fsp3) is 0.176. The molecule has 7 heteroatoms. The quantitative estimate of drug-likeness (QED) is 0.647. The molecule has 0 aliphatic carbocycles. The Morgan fingerprint density at radius 1 is 1.21 bits per heavy atom. The Balaban J connectivity index is 1.83. The number of benzene rings is 1. The van der Waals surface area contributed by atoms with Crippen LogP contribution in [0.1, 0.15) is 21.7 Å². The van der Waals surface area contributed by atoms with Gasteiger partial charge in [-0.2, -0.15) is 0 Å². The van der Waals surface area contributed by atoms with Crippen LogP contribution in [0.25, 0.3) is 5.65 Å². The lowest BCUT2D eigenvalue weighted by atomic mass is 10.2. The first-order valence-corrected chi connectivity index (χ1v) is 7.89. The molecule has 0 N–H and O–H groups in total. The molecular formula is C17H14Cl2N2O3. The zero-order chi connectivity index (χ0) is 17.3. The van der Waals surface area contributed by atoms with Crippen LogP contribution in [0.4, 0.5) is 0 Å². The van der Waals surface area contributed by atoms with Crippen molar-refractivity contribution in [3.8, 4) is 5.75 Å². The summed E-state index contributed by atoms with van der Waals surface area (Å²) in [6, 6.07) is 8.60. The smallest absolute Gasteiger partial charge is 0.357 e. The zero-order valence-corrected chi connectivity index (χ0v) is 14.6. The van der Waals surface area contributed by atoms with E-state index in [-0.39, 0.29) is 6.61 Å². The Bertz CT molecular complexity index is 922. The van der Waals surface area contributed by atoms with Crippen molar-refractivity contribution in [2.75, 3.05) is 7.11 Å². The summed E-state index contributed by atoms with van der Waals surface area (Å²) in [6.45, 7) is 1.85. The standard InChI is InChI=1S/C17H14Cl2N2O3/c1-10-16(21-6-5-12(23-2)8-15(21)20-10)17(22)24-9-11-3-4-13(18)14(19)7-11/h3-8H,9H2,1-2H3. The maximum atomic E-state index is 12.4. The Kier molecular flexibility index (Phi) is 4.64. The number of halogens is 2. The molecule has 3 aromatic rings. The zero-order valence-electron chi connectivity index (χ0n) is 13.0. The number of rotatable bonds is 4. The Morgan fingerprint density at radius 2 is 2.00 bits per heavy atom. The van der Waals surface area contributed by atoms with Crippen molar-refractivity contribution in [3.63, 3.8) is 0 Å². The number of carbonyl (C=O) groups is 1. The van der Waals surface area contributed by atoms with Gasteiger partial charge in [0.2, 0.25) is 0 Å². The molecule has 0 spiro atoms. The van der Waals surface area contributed by atoms with E-state index < -0.39 is 5.97 Å². The minimum atomic E-state index is -0.462. The molecule has 2 heterocycles. The second kappa shape index (κ2) is 6.71. The van der Waals surface area contributed by atoms with Gasteiger partial charge in [0, 0.05) is 12.3 Å². The molecule has 5 nitrogen and oxygen atoms in total. The van der Waals surface area contributed by atoms with Crippen LogP contribution in [0.3, 0.4) is 0 Å². The Labute approximate surface area is 148 Å². The van der Waals surface area contributed by atoms with E-state index in [0.29, 0.717) is 32.8 Å². The van der Waals surface area contributed by atoms with Crippen molar-refractivity contribution in [3.05, 3.63) is 63.5 Å². The van der Waals surface area contributed by atoms with Crippen molar-refractivity contribution in [1.29, 1.82) is 0 Å². The highest BCUT2D eigenvalue weighted by Crippen LogP contribution is 2.23. The number of hydrogen-bond acceptors (Lipinski definition) is 4. The lowest BCUT2D eigenvalue weighted by Crippen LogP contribution is -2.10. The van der Waals surface area contributed by atoms with Gasteiger partial charge in [-0.3, -0.25) is 4.40 Å². The van der Waals surface area contributed by atoms with E-state index in [1.807, 2.05) is 0 Å². The van der Waals surface area contributed by atoms with Gasteiger partial charge in [0.15, 0.2) is 5.69 Å². The predicted octanol–water partition coefficient (Wildman–Crippen LogP) is 4.32. The number of pyridine rings is 1. The summed E-state index contributed by atoms with van der Waals surface area (Å²) in [5, 5.41) is 0.876. The molecule has 0 atom stereocenters. The molecule has 0 fully saturated rings. The summed E-state index contributed by atoms with van der Waals surface area (Å²) in [7, 11) is 1.58. The molecule has 0 saturated carbocycles. The van der Waals surface area contributed by atoms with Crippen molar-refractivity contribution in [2.45, 2.75) is 13.5 Å². The van der Waals surface area contributed by atoms with Gasteiger partial charge in [-0.15, -0.1) is 0 Å². The van der Waals surface area contributed by atoms with Crippen molar-refractivity contribution >= 4 is 34.8 Å². The van der Waals surface area contributed by atoms with Gasteiger partial charge in [0.05, 0.1) is 22.8 Å². The SMILES string of the molecule is COc1ccn2c(C(=O)OCc3ccc(Cl)c(Cl)c3)c(C)nc2c1. The van der Waals surface area contributed by atoms with E-state index in [4.69, 9.17) is 32.7 Å². The van der Waals surface area contributed by atoms with E-state index in [1.54, 1.807) is 55.0 Å². The third-order valence-electron chi connectivity index (χ3n) is 3.55.